The molecule has 1 aliphatic carbocycles. The number of aromatic nitrogens is 2. The predicted octanol–water partition coefficient (Wildman–Crippen LogP) is 3.04. The number of nitrogens with one attached hydrogen (secondary N) is 1. The molecule has 1 N–H and O–H groups in total. The van der Waals surface area contributed by atoms with Crippen LogP contribution >= 0.6 is 0 Å². The third-order valence-electron chi connectivity index (χ3n) is 2.24. The van der Waals surface area contributed by atoms with Crippen LogP contribution in [0.1, 0.15) is 37.5 Å². The molecule has 74 valence electrons. The molecule has 0 spiro atoms. The van der Waals surface area contributed by atoms with E-state index in [0.29, 0.717) is 5.92 Å². The predicted molar refractivity (Wildman–Crippen MR) is 59.8 cm³/mol. The molecule has 2 rings (SSSR count). The van der Waals surface area contributed by atoms with Crippen molar-refractivity contribution in [2.45, 2.75) is 26.7 Å². The number of aromatic amines is 1. The molecule has 2 heteroatoms. The molecule has 1 heterocycles. The van der Waals surface area contributed by atoms with Gasteiger partial charge in [0.2, 0.25) is 0 Å². The molecule has 0 bridgehead atoms. The maximum absolute atomic E-state index is 4.56. The second-order valence-corrected chi connectivity index (χ2v) is 4.12. The van der Waals surface area contributed by atoms with Gasteiger partial charge in [0, 0.05) is 6.42 Å². The van der Waals surface area contributed by atoms with Gasteiger partial charge in [-0.1, -0.05) is 26.0 Å². The Labute approximate surface area is 84.8 Å². The van der Waals surface area contributed by atoms with E-state index in [0.717, 1.165) is 30.1 Å². The van der Waals surface area contributed by atoms with Gasteiger partial charge >= 0.3 is 0 Å². The zero-order valence-electron chi connectivity index (χ0n) is 8.75. The smallest absolute Gasteiger partial charge is 0.107 e. The van der Waals surface area contributed by atoms with Crippen LogP contribution in [0.25, 0.3) is 12.2 Å². The summed E-state index contributed by atoms with van der Waals surface area (Å²) < 4.78 is 0. The summed E-state index contributed by atoms with van der Waals surface area (Å²) in [6.45, 7) is 4.42. The van der Waals surface area contributed by atoms with Gasteiger partial charge < -0.3 is 4.98 Å². The molecule has 1 aromatic heterocycles. The number of fused-ring (bicyclic) bond motifs is 1. The molecule has 0 saturated heterocycles. The summed E-state index contributed by atoms with van der Waals surface area (Å²) in [4.78, 5) is 7.91. The van der Waals surface area contributed by atoms with Crippen molar-refractivity contribution < 1.29 is 0 Å². The van der Waals surface area contributed by atoms with Crippen molar-refractivity contribution in [1.29, 1.82) is 0 Å². The van der Waals surface area contributed by atoms with E-state index >= 15 is 0 Å². The zero-order chi connectivity index (χ0) is 9.97. The van der Waals surface area contributed by atoms with Crippen LogP contribution in [0, 0.1) is 5.92 Å². The van der Waals surface area contributed by atoms with Gasteiger partial charge in [0.25, 0.3) is 0 Å². The number of rotatable bonds is 2. The summed E-state index contributed by atoms with van der Waals surface area (Å²) in [6.07, 6.45) is 10.5. The molecule has 0 fully saturated rings. The molecular formula is C12H16N2. The number of nitrogens with zero attached hydrogens (tertiary/aromatic N) is 1. The Morgan fingerprint density at radius 1 is 1.36 bits per heavy atom. The normalized spacial score (nSPS) is 14.5. The van der Waals surface area contributed by atoms with Gasteiger partial charge in [-0.15, -0.1) is 0 Å². The Hall–Kier alpha value is -1.31. The standard InChI is InChI=1S/C12H16N2/c1-9(2)8-12-13-10-6-4-3-5-7-11(10)14-12/h4-7,9H,3,8H2,1-2H3,(H,13,14). The van der Waals surface area contributed by atoms with Crippen LogP contribution in [-0.4, -0.2) is 9.97 Å². The second kappa shape index (κ2) is 3.82. The van der Waals surface area contributed by atoms with Gasteiger partial charge in [-0.2, -0.15) is 0 Å². The summed E-state index contributed by atoms with van der Waals surface area (Å²) in [5.41, 5.74) is 2.23. The van der Waals surface area contributed by atoms with Crippen LogP contribution in [0.3, 0.4) is 0 Å². The highest BCUT2D eigenvalue weighted by Crippen LogP contribution is 2.16. The molecule has 2 nitrogen and oxygen atoms in total. The van der Waals surface area contributed by atoms with Crippen LogP contribution in [0.2, 0.25) is 0 Å². The van der Waals surface area contributed by atoms with E-state index in [2.05, 4.69) is 48.1 Å². The highest BCUT2D eigenvalue weighted by molar-refractivity contribution is 5.62. The molecule has 0 saturated carbocycles. The van der Waals surface area contributed by atoms with Gasteiger partial charge in [0.05, 0.1) is 11.4 Å². The molecule has 0 atom stereocenters. The number of allylic oxidation sites excluding steroid dienone is 2. The lowest BCUT2D eigenvalue weighted by molar-refractivity contribution is 0.625. The molecule has 0 aromatic carbocycles. The lowest BCUT2D eigenvalue weighted by Gasteiger charge is -1.98. The first-order valence-electron chi connectivity index (χ1n) is 5.17. The van der Waals surface area contributed by atoms with Gasteiger partial charge in [0.15, 0.2) is 0 Å². The molecule has 0 unspecified atom stereocenters. The number of H-pyrrole nitrogens is 1. The highest BCUT2D eigenvalue weighted by atomic mass is 14.9. The molecule has 0 radical (unpaired) electrons. The van der Waals surface area contributed by atoms with Crippen molar-refractivity contribution in [3.05, 3.63) is 29.4 Å². The summed E-state index contributed by atoms with van der Waals surface area (Å²) >= 11 is 0. The fourth-order valence-electron chi connectivity index (χ4n) is 1.63. The third kappa shape index (κ3) is 1.95. The van der Waals surface area contributed by atoms with Crippen molar-refractivity contribution in [3.8, 4) is 0 Å². The Morgan fingerprint density at radius 3 is 2.93 bits per heavy atom. The maximum atomic E-state index is 4.56. The zero-order valence-corrected chi connectivity index (χ0v) is 8.75. The van der Waals surface area contributed by atoms with Crippen LogP contribution < -0.4 is 0 Å². The minimum Gasteiger partial charge on any atom is -0.342 e. The van der Waals surface area contributed by atoms with Crippen molar-refractivity contribution in [3.63, 3.8) is 0 Å². The van der Waals surface area contributed by atoms with E-state index in [4.69, 9.17) is 0 Å². The monoisotopic (exact) mass is 188 g/mol. The summed E-state index contributed by atoms with van der Waals surface area (Å²) in [5.74, 6) is 1.75. The fraction of sp³-hybridized carbons (Fsp3) is 0.417. The van der Waals surface area contributed by atoms with E-state index < -0.39 is 0 Å². The van der Waals surface area contributed by atoms with E-state index in [9.17, 15) is 0 Å². The number of imidazole rings is 1. The van der Waals surface area contributed by atoms with E-state index in [1.54, 1.807) is 0 Å². The van der Waals surface area contributed by atoms with Crippen LogP contribution in [-0.2, 0) is 6.42 Å². The lowest BCUT2D eigenvalue weighted by Crippen LogP contribution is -1.95. The topological polar surface area (TPSA) is 28.7 Å². The largest absolute Gasteiger partial charge is 0.342 e. The van der Waals surface area contributed by atoms with Crippen molar-refractivity contribution >= 4 is 12.2 Å². The van der Waals surface area contributed by atoms with Gasteiger partial charge in [-0.25, -0.2) is 4.98 Å². The van der Waals surface area contributed by atoms with Gasteiger partial charge in [-0.05, 0) is 24.5 Å². The molecule has 0 amide bonds. The molecule has 1 aromatic rings. The van der Waals surface area contributed by atoms with Crippen molar-refractivity contribution in [2.75, 3.05) is 0 Å². The summed E-state index contributed by atoms with van der Waals surface area (Å²) in [6, 6.07) is 0. The molecular weight excluding hydrogens is 172 g/mol. The Morgan fingerprint density at radius 2 is 2.14 bits per heavy atom. The van der Waals surface area contributed by atoms with Gasteiger partial charge in [0.1, 0.15) is 5.82 Å². The fourth-order valence-corrected chi connectivity index (χ4v) is 1.63. The molecule has 0 aliphatic heterocycles. The minimum atomic E-state index is 0.651. The van der Waals surface area contributed by atoms with Crippen LogP contribution in [0.5, 0.6) is 0 Å². The maximum Gasteiger partial charge on any atom is 0.107 e. The first kappa shape index (κ1) is 9.25. The van der Waals surface area contributed by atoms with Gasteiger partial charge in [-0.3, -0.25) is 0 Å². The molecule has 14 heavy (non-hydrogen) atoms. The number of hydrogen-bond donors (Lipinski definition) is 1. The minimum absolute atomic E-state index is 0.651. The Balaban J connectivity index is 2.27. The quantitative estimate of drug-likeness (QED) is 0.759. The highest BCUT2D eigenvalue weighted by Gasteiger charge is 2.07. The first-order valence-corrected chi connectivity index (χ1v) is 5.17. The van der Waals surface area contributed by atoms with E-state index in [1.807, 2.05) is 0 Å². The van der Waals surface area contributed by atoms with E-state index in [-0.39, 0.29) is 0 Å². The second-order valence-electron chi connectivity index (χ2n) is 4.12. The summed E-state index contributed by atoms with van der Waals surface area (Å²) in [7, 11) is 0. The Bertz CT molecular complexity index is 340. The lowest BCUT2D eigenvalue weighted by atomic mass is 10.1. The van der Waals surface area contributed by atoms with Crippen molar-refractivity contribution in [2.24, 2.45) is 5.92 Å². The van der Waals surface area contributed by atoms with Crippen LogP contribution in [0.15, 0.2) is 12.2 Å². The van der Waals surface area contributed by atoms with Crippen molar-refractivity contribution in [1.82, 2.24) is 9.97 Å². The average Bonchev–Trinajstić information content (AvgIpc) is 2.34. The number of hydrogen-bond acceptors (Lipinski definition) is 1. The average molecular weight is 188 g/mol. The summed E-state index contributed by atoms with van der Waals surface area (Å²) in [5, 5.41) is 0. The molecule has 1 aliphatic rings. The van der Waals surface area contributed by atoms with E-state index in [1.165, 1.54) is 0 Å². The SMILES string of the molecule is CC(C)Cc1nc2c([nH]1)C=CCC=C2. The van der Waals surface area contributed by atoms with Crippen LogP contribution in [0.4, 0.5) is 0 Å². The third-order valence-corrected chi connectivity index (χ3v) is 2.24. The Kier molecular flexibility index (Phi) is 2.53. The first-order chi connectivity index (χ1) is 6.75.